The molecule has 3 rings (SSSR count). The molecule has 1 unspecified atom stereocenters. The Balaban J connectivity index is 1.96. The maximum absolute atomic E-state index is 14.6. The van der Waals surface area contributed by atoms with Gasteiger partial charge in [-0.1, -0.05) is 65.8 Å². The number of anilines is 2. The van der Waals surface area contributed by atoms with Crippen molar-refractivity contribution in [3.63, 3.8) is 0 Å². The quantitative estimate of drug-likeness (QED) is 0.213. The second-order valence-electron chi connectivity index (χ2n) is 7.90. The number of benzene rings is 3. The van der Waals surface area contributed by atoms with Gasteiger partial charge in [0.1, 0.15) is 17.8 Å². The van der Waals surface area contributed by atoms with Gasteiger partial charge in [0.05, 0.1) is 5.69 Å². The van der Waals surface area contributed by atoms with E-state index in [1.54, 1.807) is 0 Å². The van der Waals surface area contributed by atoms with Crippen molar-refractivity contribution < 1.29 is 8.78 Å². The highest BCUT2D eigenvalue weighted by Gasteiger charge is 2.23. The van der Waals surface area contributed by atoms with Crippen LogP contribution in [-0.4, -0.2) is 18.5 Å². The lowest BCUT2D eigenvalue weighted by Crippen LogP contribution is -2.35. The van der Waals surface area contributed by atoms with Crippen LogP contribution in [0.1, 0.15) is 36.2 Å². The molecule has 3 aromatic carbocycles. The number of nitrogen functional groups attached to an aromatic ring is 1. The Bertz CT molecular complexity index is 1120. The van der Waals surface area contributed by atoms with Crippen LogP contribution in [0.5, 0.6) is 0 Å². The summed E-state index contributed by atoms with van der Waals surface area (Å²) in [5.41, 5.74) is 9.80. The Hall–Kier alpha value is -2.90. The zero-order chi connectivity index (χ0) is 24.0. The van der Waals surface area contributed by atoms with Crippen molar-refractivity contribution in [1.82, 2.24) is 10.2 Å². The highest BCUT2D eigenvalue weighted by atomic mass is 79.9. The van der Waals surface area contributed by atoms with E-state index in [9.17, 15) is 8.78 Å². The molecular weight excluding hydrogens is 486 g/mol. The minimum absolute atomic E-state index is 0.226. The number of hydrogen-bond donors (Lipinski definition) is 3. The summed E-state index contributed by atoms with van der Waals surface area (Å²) < 4.78 is 29.7. The van der Waals surface area contributed by atoms with E-state index in [1.807, 2.05) is 62.5 Å². The summed E-state index contributed by atoms with van der Waals surface area (Å²) in [5, 5.41) is 6.42. The Kier molecular flexibility index (Phi) is 8.47. The minimum atomic E-state index is -0.662. The van der Waals surface area contributed by atoms with E-state index in [-0.39, 0.29) is 5.69 Å². The van der Waals surface area contributed by atoms with Crippen LogP contribution < -0.4 is 16.4 Å². The molecule has 7 heteroatoms. The van der Waals surface area contributed by atoms with Gasteiger partial charge < -0.3 is 16.4 Å². The molecule has 0 aromatic heterocycles. The standard InChI is InChI=1S/C26H29BrF2N4/c1-4-13-31-25-21(14-19(28)15-23(25)29)17(2)32-26(20-10-6-8-12-24(20)30)33(3)16-18-9-5-7-11-22(18)27/h5-12,14-15,26,31-32H,2,4,13,16,30H2,1,3H3. The van der Waals surface area contributed by atoms with Crippen LogP contribution in [0.4, 0.5) is 20.2 Å². The van der Waals surface area contributed by atoms with E-state index < -0.39 is 17.8 Å². The Morgan fingerprint density at radius 2 is 1.82 bits per heavy atom. The van der Waals surface area contributed by atoms with E-state index in [0.29, 0.717) is 30.0 Å². The van der Waals surface area contributed by atoms with E-state index in [1.165, 1.54) is 6.07 Å². The molecule has 0 aliphatic carbocycles. The third-order valence-corrected chi connectivity index (χ3v) is 6.13. The van der Waals surface area contributed by atoms with Gasteiger partial charge in [-0.2, -0.15) is 0 Å². The summed E-state index contributed by atoms with van der Waals surface area (Å²) in [6.07, 6.45) is 0.407. The first-order valence-electron chi connectivity index (χ1n) is 10.8. The number of halogens is 3. The van der Waals surface area contributed by atoms with Crippen molar-refractivity contribution in [2.45, 2.75) is 26.1 Å². The number of nitrogens with two attached hydrogens (primary N) is 1. The molecule has 174 valence electrons. The van der Waals surface area contributed by atoms with Crippen molar-refractivity contribution in [2.75, 3.05) is 24.6 Å². The maximum atomic E-state index is 14.6. The molecule has 0 heterocycles. The smallest absolute Gasteiger partial charge is 0.149 e. The summed E-state index contributed by atoms with van der Waals surface area (Å²) in [4.78, 5) is 2.08. The average Bonchev–Trinajstić information content (AvgIpc) is 2.78. The van der Waals surface area contributed by atoms with Crippen LogP contribution in [0.15, 0.2) is 71.7 Å². The topological polar surface area (TPSA) is 53.3 Å². The molecule has 33 heavy (non-hydrogen) atoms. The molecule has 3 aromatic rings. The third kappa shape index (κ3) is 6.12. The van der Waals surface area contributed by atoms with Crippen molar-refractivity contribution >= 4 is 33.0 Å². The molecule has 0 spiro atoms. The Morgan fingerprint density at radius 1 is 1.12 bits per heavy atom. The number of nitrogens with one attached hydrogen (secondary N) is 2. The van der Waals surface area contributed by atoms with E-state index in [2.05, 4.69) is 38.0 Å². The molecule has 0 radical (unpaired) electrons. The van der Waals surface area contributed by atoms with E-state index >= 15 is 0 Å². The summed E-state index contributed by atoms with van der Waals surface area (Å²) in [7, 11) is 1.96. The molecular formula is C26H29BrF2N4. The molecule has 4 N–H and O–H groups in total. The first kappa shape index (κ1) is 24.7. The highest BCUT2D eigenvalue weighted by molar-refractivity contribution is 9.10. The van der Waals surface area contributed by atoms with Gasteiger partial charge >= 0.3 is 0 Å². The highest BCUT2D eigenvalue weighted by Crippen LogP contribution is 2.31. The largest absolute Gasteiger partial charge is 0.398 e. The van der Waals surface area contributed by atoms with Crippen molar-refractivity contribution in [3.8, 4) is 0 Å². The van der Waals surface area contributed by atoms with Crippen LogP contribution in [-0.2, 0) is 6.54 Å². The van der Waals surface area contributed by atoms with Gasteiger partial charge in [-0.25, -0.2) is 8.78 Å². The summed E-state index contributed by atoms with van der Waals surface area (Å²) >= 11 is 3.60. The number of hydrogen-bond acceptors (Lipinski definition) is 4. The molecule has 0 bridgehead atoms. The Morgan fingerprint density at radius 3 is 2.52 bits per heavy atom. The van der Waals surface area contributed by atoms with Crippen molar-refractivity contribution in [3.05, 3.63) is 100 Å². The van der Waals surface area contributed by atoms with Crippen LogP contribution in [0, 0.1) is 11.6 Å². The maximum Gasteiger partial charge on any atom is 0.149 e. The SMILES string of the molecule is C=C(NC(c1ccccc1N)N(C)Cc1ccccc1Br)c1cc(F)cc(F)c1NCCC. The van der Waals surface area contributed by atoms with Gasteiger partial charge in [-0.3, -0.25) is 4.90 Å². The fraction of sp³-hybridized carbons (Fsp3) is 0.231. The summed E-state index contributed by atoms with van der Waals surface area (Å²) in [5.74, 6) is -1.32. The average molecular weight is 515 g/mol. The molecule has 0 amide bonds. The monoisotopic (exact) mass is 514 g/mol. The number of rotatable bonds is 10. The predicted octanol–water partition coefficient (Wildman–Crippen LogP) is 6.52. The summed E-state index contributed by atoms with van der Waals surface area (Å²) in [6.45, 7) is 7.25. The number of para-hydroxylation sites is 1. The fourth-order valence-electron chi connectivity index (χ4n) is 3.66. The third-order valence-electron chi connectivity index (χ3n) is 5.35. The molecule has 0 fully saturated rings. The predicted molar refractivity (Wildman–Crippen MR) is 137 cm³/mol. The molecule has 0 aliphatic heterocycles. The normalized spacial score (nSPS) is 11.9. The van der Waals surface area contributed by atoms with E-state index in [4.69, 9.17) is 5.73 Å². The van der Waals surface area contributed by atoms with Gasteiger partial charge in [-0.05, 0) is 37.2 Å². The van der Waals surface area contributed by atoms with Gasteiger partial charge in [0.2, 0.25) is 0 Å². The van der Waals surface area contributed by atoms with Gasteiger partial charge in [0, 0.05) is 46.1 Å². The lowest BCUT2D eigenvalue weighted by atomic mass is 10.1. The molecule has 0 aliphatic rings. The zero-order valence-corrected chi connectivity index (χ0v) is 20.4. The van der Waals surface area contributed by atoms with Crippen LogP contribution in [0.25, 0.3) is 5.70 Å². The second-order valence-corrected chi connectivity index (χ2v) is 8.75. The first-order valence-corrected chi connectivity index (χ1v) is 11.6. The second kappa shape index (κ2) is 11.3. The van der Waals surface area contributed by atoms with E-state index in [0.717, 1.165) is 28.1 Å². The first-order chi connectivity index (χ1) is 15.8. The fourth-order valence-corrected chi connectivity index (χ4v) is 4.07. The molecule has 0 saturated carbocycles. The van der Waals surface area contributed by atoms with Crippen LogP contribution in [0.3, 0.4) is 0 Å². The van der Waals surface area contributed by atoms with Crippen molar-refractivity contribution in [1.29, 1.82) is 0 Å². The van der Waals surface area contributed by atoms with Gasteiger partial charge in [0.15, 0.2) is 0 Å². The van der Waals surface area contributed by atoms with Crippen LogP contribution in [0.2, 0.25) is 0 Å². The van der Waals surface area contributed by atoms with Gasteiger partial charge in [-0.15, -0.1) is 0 Å². The Labute approximate surface area is 202 Å². The molecule has 0 saturated heterocycles. The number of nitrogens with zero attached hydrogens (tertiary/aromatic N) is 1. The lowest BCUT2D eigenvalue weighted by Gasteiger charge is -2.32. The lowest BCUT2D eigenvalue weighted by molar-refractivity contribution is 0.218. The van der Waals surface area contributed by atoms with Crippen molar-refractivity contribution in [2.24, 2.45) is 0 Å². The summed E-state index contributed by atoms with van der Waals surface area (Å²) in [6, 6.07) is 17.7. The molecule has 1 atom stereocenters. The van der Waals surface area contributed by atoms with Crippen LogP contribution >= 0.6 is 15.9 Å². The molecule has 4 nitrogen and oxygen atoms in total. The van der Waals surface area contributed by atoms with Gasteiger partial charge in [0.25, 0.3) is 0 Å². The zero-order valence-electron chi connectivity index (χ0n) is 18.8. The minimum Gasteiger partial charge on any atom is -0.398 e.